The molecule has 3 aliphatic rings. The number of carbonyl (C=O) groups is 2. The Hall–Kier alpha value is -4.69. The molecule has 3 fully saturated rings. The molecule has 0 radical (unpaired) electrons. The highest BCUT2D eigenvalue weighted by Gasteiger charge is 2.35. The second-order valence-electron chi connectivity index (χ2n) is 15.3. The molecule has 3 aromatic rings. The first-order valence-corrected chi connectivity index (χ1v) is 19.0. The summed E-state index contributed by atoms with van der Waals surface area (Å²) < 4.78 is 46.7. The molecule has 2 N–H and O–H groups in total. The number of alkyl halides is 3. The number of benzene rings is 2. The largest absolute Gasteiger partial charge is 0.496 e. The van der Waals surface area contributed by atoms with E-state index in [4.69, 9.17) is 4.74 Å². The van der Waals surface area contributed by atoms with Crippen molar-refractivity contribution in [1.29, 1.82) is 0 Å². The van der Waals surface area contributed by atoms with Gasteiger partial charge in [0, 0.05) is 55.7 Å². The van der Waals surface area contributed by atoms with Gasteiger partial charge < -0.3 is 25.0 Å². The molecule has 15 heteroatoms. The van der Waals surface area contributed by atoms with Crippen molar-refractivity contribution in [1.82, 2.24) is 19.8 Å². The minimum Gasteiger partial charge on any atom is -0.496 e. The molecule has 2 aliphatic heterocycles. The third kappa shape index (κ3) is 8.98. The number of non-ortho nitro benzene ring substituents is 1. The van der Waals surface area contributed by atoms with E-state index in [9.17, 15) is 38.0 Å². The van der Waals surface area contributed by atoms with Crippen molar-refractivity contribution in [2.75, 3.05) is 38.6 Å². The van der Waals surface area contributed by atoms with E-state index in [1.54, 1.807) is 21.0 Å². The maximum Gasteiger partial charge on any atom is 0.416 e. The zero-order valence-corrected chi connectivity index (χ0v) is 31.0. The number of rotatable bonds is 10. The predicted octanol–water partition coefficient (Wildman–Crippen LogP) is 8.73. The molecule has 2 aromatic carbocycles. The smallest absolute Gasteiger partial charge is 0.416 e. The lowest BCUT2D eigenvalue weighted by Crippen LogP contribution is -2.42. The molecule has 2 saturated heterocycles. The van der Waals surface area contributed by atoms with Crippen LogP contribution in [0.25, 0.3) is 10.9 Å². The highest BCUT2D eigenvalue weighted by atomic mass is 19.4. The van der Waals surface area contributed by atoms with Crippen LogP contribution in [0.15, 0.2) is 30.3 Å². The third-order valence-corrected chi connectivity index (χ3v) is 11.8. The Morgan fingerprint density at radius 3 is 2.11 bits per heavy atom. The molecule has 6 rings (SSSR count). The summed E-state index contributed by atoms with van der Waals surface area (Å²) in [4.78, 5) is 48.2. The van der Waals surface area contributed by atoms with Crippen LogP contribution in [-0.2, 0) is 11.0 Å². The van der Waals surface area contributed by atoms with E-state index in [-0.39, 0.29) is 23.3 Å². The van der Waals surface area contributed by atoms with Gasteiger partial charge in [-0.1, -0.05) is 12.8 Å². The summed E-state index contributed by atoms with van der Waals surface area (Å²) in [7, 11) is 1.60. The van der Waals surface area contributed by atoms with Crippen molar-refractivity contribution in [2.45, 2.75) is 96.2 Å². The first-order valence-electron chi connectivity index (χ1n) is 19.0. The predicted molar refractivity (Wildman–Crippen MR) is 197 cm³/mol. The van der Waals surface area contributed by atoms with Crippen molar-refractivity contribution in [2.24, 2.45) is 17.8 Å². The fourth-order valence-electron chi connectivity index (χ4n) is 8.57. The topological polar surface area (TPSA) is 151 Å². The first-order chi connectivity index (χ1) is 25.7. The van der Waals surface area contributed by atoms with Crippen LogP contribution in [0, 0.1) is 34.8 Å². The minimum absolute atomic E-state index is 0.0377. The van der Waals surface area contributed by atoms with Crippen LogP contribution in [0.4, 0.5) is 29.5 Å². The van der Waals surface area contributed by atoms with E-state index in [0.29, 0.717) is 59.3 Å². The van der Waals surface area contributed by atoms with Gasteiger partial charge in [0.25, 0.3) is 5.69 Å². The summed E-state index contributed by atoms with van der Waals surface area (Å²) in [6.07, 6.45) is 3.62. The number of nitro groups is 1. The maximum atomic E-state index is 13.6. The SMILES string of the molecule is COc1cc2nc(C)nc(N[C@H](C)c3cc([N+](=O)[O-])cc(C(F)(F)F)c3)c2cc1C1CCC(C(=O)N2CCC(CCC3CCN(C(=O)O)CC3)CC2)CC1. The molecule has 1 aliphatic carbocycles. The molecular formula is C39H49F3N6O6. The Bertz CT molecular complexity index is 1850. The summed E-state index contributed by atoms with van der Waals surface area (Å²) in [5.74, 6) is 2.98. The monoisotopic (exact) mass is 754 g/mol. The van der Waals surface area contributed by atoms with Crippen LogP contribution in [-0.4, -0.2) is 75.1 Å². The number of aromatic nitrogens is 2. The maximum absolute atomic E-state index is 13.6. The Labute approximate surface area is 312 Å². The van der Waals surface area contributed by atoms with Crippen LogP contribution in [0.3, 0.4) is 0 Å². The van der Waals surface area contributed by atoms with Crippen molar-refractivity contribution in [3.8, 4) is 5.75 Å². The molecule has 0 spiro atoms. The Morgan fingerprint density at radius 1 is 0.944 bits per heavy atom. The number of amides is 2. The highest BCUT2D eigenvalue weighted by molar-refractivity contribution is 5.91. The molecule has 1 saturated carbocycles. The number of ether oxygens (including phenoxy) is 1. The van der Waals surface area contributed by atoms with Crippen LogP contribution < -0.4 is 10.1 Å². The fraction of sp³-hybridized carbons (Fsp3) is 0.590. The molecule has 0 bridgehead atoms. The number of methoxy groups -OCH3 is 1. The van der Waals surface area contributed by atoms with Crippen LogP contribution in [0.2, 0.25) is 0 Å². The normalized spacial score (nSPS) is 20.9. The summed E-state index contributed by atoms with van der Waals surface area (Å²) >= 11 is 0. The molecule has 3 heterocycles. The van der Waals surface area contributed by atoms with Crippen LogP contribution in [0.5, 0.6) is 5.75 Å². The lowest BCUT2D eigenvalue weighted by Gasteiger charge is -2.37. The van der Waals surface area contributed by atoms with Gasteiger partial charge in [-0.25, -0.2) is 14.8 Å². The van der Waals surface area contributed by atoms with E-state index in [1.807, 2.05) is 17.0 Å². The number of aryl methyl sites for hydroxylation is 1. The van der Waals surface area contributed by atoms with Crippen LogP contribution in [0.1, 0.15) is 106 Å². The quantitative estimate of drug-likeness (QED) is 0.153. The van der Waals surface area contributed by atoms with Gasteiger partial charge in [-0.15, -0.1) is 0 Å². The van der Waals surface area contributed by atoms with Gasteiger partial charge in [0.1, 0.15) is 17.4 Å². The van der Waals surface area contributed by atoms with Crippen molar-refractivity contribution in [3.05, 3.63) is 63.0 Å². The number of anilines is 1. The molecule has 292 valence electrons. The van der Waals surface area contributed by atoms with Gasteiger partial charge in [-0.3, -0.25) is 14.9 Å². The van der Waals surface area contributed by atoms with Crippen molar-refractivity contribution < 1.29 is 37.5 Å². The number of hydrogen-bond donors (Lipinski definition) is 2. The average molecular weight is 755 g/mol. The number of carboxylic acid groups (broad SMARTS) is 1. The molecule has 12 nitrogen and oxygen atoms in total. The molecule has 1 atom stereocenters. The van der Waals surface area contributed by atoms with E-state index >= 15 is 0 Å². The number of halogens is 3. The number of nitrogens with one attached hydrogen (secondary N) is 1. The average Bonchev–Trinajstić information content (AvgIpc) is 3.16. The Kier molecular flexibility index (Phi) is 11.8. The first kappa shape index (κ1) is 39.0. The van der Waals surface area contributed by atoms with Gasteiger partial charge in [0.2, 0.25) is 5.91 Å². The lowest BCUT2D eigenvalue weighted by atomic mass is 9.77. The Balaban J connectivity index is 1.09. The number of piperidine rings is 2. The fourth-order valence-corrected chi connectivity index (χ4v) is 8.57. The molecular weight excluding hydrogens is 705 g/mol. The number of likely N-dealkylation sites (tertiary alicyclic amines) is 2. The van der Waals surface area contributed by atoms with Gasteiger partial charge in [0.05, 0.1) is 29.2 Å². The van der Waals surface area contributed by atoms with Gasteiger partial charge >= 0.3 is 12.3 Å². The summed E-state index contributed by atoms with van der Waals surface area (Å²) in [5.41, 5.74) is -0.117. The van der Waals surface area contributed by atoms with Gasteiger partial charge in [-0.05, 0) is 106 Å². The van der Waals surface area contributed by atoms with Crippen molar-refractivity contribution in [3.63, 3.8) is 0 Å². The second kappa shape index (κ2) is 16.4. The summed E-state index contributed by atoms with van der Waals surface area (Å²) in [6, 6.07) is 5.62. The zero-order valence-electron chi connectivity index (χ0n) is 31.0. The van der Waals surface area contributed by atoms with E-state index in [2.05, 4.69) is 15.3 Å². The van der Waals surface area contributed by atoms with E-state index in [0.717, 1.165) is 95.0 Å². The molecule has 2 amide bonds. The second-order valence-corrected chi connectivity index (χ2v) is 15.3. The third-order valence-electron chi connectivity index (χ3n) is 11.8. The number of carbonyl (C=O) groups excluding carboxylic acids is 1. The van der Waals surface area contributed by atoms with Crippen molar-refractivity contribution >= 4 is 34.4 Å². The van der Waals surface area contributed by atoms with E-state index in [1.165, 1.54) is 4.90 Å². The lowest BCUT2D eigenvalue weighted by molar-refractivity contribution is -0.385. The number of fused-ring (bicyclic) bond motifs is 1. The summed E-state index contributed by atoms with van der Waals surface area (Å²) in [6.45, 7) is 6.14. The van der Waals surface area contributed by atoms with Gasteiger partial charge in [-0.2, -0.15) is 13.2 Å². The van der Waals surface area contributed by atoms with E-state index < -0.39 is 34.5 Å². The van der Waals surface area contributed by atoms with Gasteiger partial charge in [0.15, 0.2) is 0 Å². The zero-order chi connectivity index (χ0) is 38.7. The highest BCUT2D eigenvalue weighted by Crippen LogP contribution is 2.43. The molecule has 0 unspecified atom stereocenters. The number of hydrogen-bond acceptors (Lipinski definition) is 8. The molecule has 54 heavy (non-hydrogen) atoms. The number of nitro benzene ring substituents is 1. The number of nitrogens with zero attached hydrogens (tertiary/aromatic N) is 5. The summed E-state index contributed by atoms with van der Waals surface area (Å²) in [5, 5.41) is 24.5. The Morgan fingerprint density at radius 2 is 1.56 bits per heavy atom. The standard InChI is InChI=1S/C39H49F3N6O6/c1-23(29-18-30(39(40,41)42)20-31(19-29)48(52)53)43-36-33-21-32(35(54-3)22-34(33)44-24(2)45-36)27-6-8-28(9-7-27)37(49)46-14-10-25(11-15-46)4-5-26-12-16-47(17-13-26)38(50)51/h18-23,25-28H,4-17H2,1-3H3,(H,50,51)(H,43,44,45)/t23-,27?,28?/m1/s1. The minimum atomic E-state index is -4.75. The molecule has 1 aromatic heterocycles. The van der Waals surface area contributed by atoms with Crippen LogP contribution >= 0.6 is 0 Å².